The molecule has 1 atom stereocenters. The molecule has 0 spiro atoms. The number of hydrogen-bond acceptors (Lipinski definition) is 5. The lowest BCUT2D eigenvalue weighted by Crippen LogP contribution is -2.40. The average Bonchev–Trinajstić information content (AvgIpc) is 2.54. The first-order valence-electron chi connectivity index (χ1n) is 9.03. The van der Waals surface area contributed by atoms with Crippen LogP contribution in [0, 0.1) is 19.8 Å². The molecule has 0 amide bonds. The molecule has 2 aromatic rings. The van der Waals surface area contributed by atoms with Gasteiger partial charge in [-0.2, -0.15) is 0 Å². The van der Waals surface area contributed by atoms with E-state index in [1.807, 2.05) is 38.1 Å². The Morgan fingerprint density at radius 3 is 2.80 bits per heavy atom. The Hall–Kier alpha value is -1.98. The highest BCUT2D eigenvalue weighted by Gasteiger charge is 2.24. The Balaban J connectivity index is 1.77. The Kier molecular flexibility index (Phi) is 5.66. The molecule has 0 aliphatic carbocycles. The molecule has 5 heteroatoms. The van der Waals surface area contributed by atoms with Crippen LogP contribution in [0.15, 0.2) is 30.3 Å². The third kappa shape index (κ3) is 5.00. The summed E-state index contributed by atoms with van der Waals surface area (Å²) in [5.74, 6) is 1.51. The molecule has 1 aliphatic heterocycles. The molecule has 5 nitrogen and oxygen atoms in total. The fourth-order valence-electron chi connectivity index (χ4n) is 3.26. The Labute approximate surface area is 150 Å². The summed E-state index contributed by atoms with van der Waals surface area (Å²) in [6, 6.07) is 10.1. The van der Waals surface area contributed by atoms with Crippen molar-refractivity contribution in [3.63, 3.8) is 0 Å². The van der Waals surface area contributed by atoms with Crippen LogP contribution in [-0.4, -0.2) is 41.1 Å². The molecule has 25 heavy (non-hydrogen) atoms. The number of ether oxygens (including phenoxy) is 1. The number of nitrogens with zero attached hydrogens (tertiary/aromatic N) is 3. The van der Waals surface area contributed by atoms with Gasteiger partial charge in [-0.3, -0.25) is 9.88 Å². The fourth-order valence-corrected chi connectivity index (χ4v) is 3.26. The first-order chi connectivity index (χ1) is 12.0. The van der Waals surface area contributed by atoms with E-state index in [1.54, 1.807) is 0 Å². The van der Waals surface area contributed by atoms with Crippen molar-refractivity contribution in [2.45, 2.75) is 33.8 Å². The number of nitrogens with one attached hydrogen (secondary N) is 1. The quantitative estimate of drug-likeness (QED) is 0.895. The molecule has 0 radical (unpaired) electrons. The van der Waals surface area contributed by atoms with E-state index in [2.05, 4.69) is 35.1 Å². The van der Waals surface area contributed by atoms with Gasteiger partial charge in [-0.15, -0.1) is 0 Å². The maximum Gasteiger partial charge on any atom is 0.130 e. The smallest absolute Gasteiger partial charge is 0.130 e. The van der Waals surface area contributed by atoms with E-state index in [4.69, 9.17) is 9.72 Å². The van der Waals surface area contributed by atoms with Gasteiger partial charge in [0, 0.05) is 36.7 Å². The molecule has 0 unspecified atom stereocenters. The topological polar surface area (TPSA) is 50.3 Å². The summed E-state index contributed by atoms with van der Waals surface area (Å²) in [5, 5.41) is 3.39. The van der Waals surface area contributed by atoms with Crippen LogP contribution in [0.2, 0.25) is 0 Å². The van der Waals surface area contributed by atoms with Crippen LogP contribution in [-0.2, 0) is 4.74 Å². The average molecular weight is 340 g/mol. The van der Waals surface area contributed by atoms with Crippen LogP contribution in [0.4, 0.5) is 11.5 Å². The minimum Gasteiger partial charge on any atom is -0.369 e. The summed E-state index contributed by atoms with van der Waals surface area (Å²) in [6.45, 7) is 12.3. The summed E-state index contributed by atoms with van der Waals surface area (Å²) in [7, 11) is 0. The lowest BCUT2D eigenvalue weighted by atomic mass is 10.1. The molecule has 0 aromatic carbocycles. The first kappa shape index (κ1) is 17.8. The molecule has 1 aliphatic rings. The van der Waals surface area contributed by atoms with Crippen molar-refractivity contribution in [2.24, 2.45) is 5.92 Å². The second kappa shape index (κ2) is 7.93. The minimum absolute atomic E-state index is 0.0263. The fraction of sp³-hybridized carbons (Fsp3) is 0.500. The van der Waals surface area contributed by atoms with E-state index in [1.165, 1.54) is 0 Å². The molecule has 0 saturated carbocycles. The summed E-state index contributed by atoms with van der Waals surface area (Å²) < 4.78 is 6.01. The van der Waals surface area contributed by atoms with Crippen LogP contribution in [0.5, 0.6) is 0 Å². The maximum absolute atomic E-state index is 6.01. The van der Waals surface area contributed by atoms with Gasteiger partial charge >= 0.3 is 0 Å². The Bertz CT molecular complexity index is 717. The number of anilines is 2. The standard InChI is InChI=1S/C20H28N4O/c1-14(2)12-24-8-9-25-19(13-24)18-11-17(10-16(4)21-18)23-20-7-5-6-15(3)22-20/h5-7,10-11,14,19H,8-9,12-13H2,1-4H3,(H,21,22,23)/t19-/m1/s1. The summed E-state index contributed by atoms with van der Waals surface area (Å²) in [4.78, 5) is 11.7. The number of hydrogen-bond donors (Lipinski definition) is 1. The van der Waals surface area contributed by atoms with Gasteiger partial charge in [-0.1, -0.05) is 19.9 Å². The van der Waals surface area contributed by atoms with Gasteiger partial charge in [-0.25, -0.2) is 4.98 Å². The van der Waals surface area contributed by atoms with Crippen LogP contribution in [0.3, 0.4) is 0 Å². The van der Waals surface area contributed by atoms with Gasteiger partial charge in [0.2, 0.25) is 0 Å². The zero-order valence-corrected chi connectivity index (χ0v) is 15.6. The van der Waals surface area contributed by atoms with Crippen molar-refractivity contribution in [2.75, 3.05) is 31.6 Å². The van der Waals surface area contributed by atoms with Crippen molar-refractivity contribution in [1.82, 2.24) is 14.9 Å². The molecule has 134 valence electrons. The van der Waals surface area contributed by atoms with Gasteiger partial charge < -0.3 is 10.1 Å². The normalized spacial score (nSPS) is 18.5. The predicted octanol–water partition coefficient (Wildman–Crippen LogP) is 3.87. The first-order valence-corrected chi connectivity index (χ1v) is 9.03. The van der Waals surface area contributed by atoms with Crippen molar-refractivity contribution in [3.05, 3.63) is 47.4 Å². The van der Waals surface area contributed by atoms with Gasteiger partial charge in [0.05, 0.1) is 12.3 Å². The van der Waals surface area contributed by atoms with E-state index in [-0.39, 0.29) is 6.10 Å². The Morgan fingerprint density at radius 1 is 1.20 bits per heavy atom. The third-order valence-corrected chi connectivity index (χ3v) is 4.24. The number of aromatic nitrogens is 2. The van der Waals surface area contributed by atoms with Crippen LogP contribution in [0.25, 0.3) is 0 Å². The molecule has 3 rings (SSSR count). The van der Waals surface area contributed by atoms with Crippen molar-refractivity contribution in [1.29, 1.82) is 0 Å². The van der Waals surface area contributed by atoms with E-state index in [0.717, 1.165) is 54.8 Å². The van der Waals surface area contributed by atoms with E-state index in [0.29, 0.717) is 5.92 Å². The highest BCUT2D eigenvalue weighted by molar-refractivity contribution is 5.57. The SMILES string of the molecule is Cc1cccc(Nc2cc(C)nc([C@H]3CN(CC(C)C)CCO3)c2)n1. The van der Waals surface area contributed by atoms with E-state index in [9.17, 15) is 0 Å². The molecular weight excluding hydrogens is 312 g/mol. The van der Waals surface area contributed by atoms with Gasteiger partial charge in [0.15, 0.2) is 0 Å². The van der Waals surface area contributed by atoms with Crippen molar-refractivity contribution >= 4 is 11.5 Å². The second-order valence-electron chi connectivity index (χ2n) is 7.22. The molecule has 3 heterocycles. The summed E-state index contributed by atoms with van der Waals surface area (Å²) in [5.41, 5.74) is 3.97. The number of aryl methyl sites for hydroxylation is 2. The van der Waals surface area contributed by atoms with Crippen LogP contribution >= 0.6 is 0 Å². The summed E-state index contributed by atoms with van der Waals surface area (Å²) in [6.07, 6.45) is 0.0263. The summed E-state index contributed by atoms with van der Waals surface area (Å²) >= 11 is 0. The second-order valence-corrected chi connectivity index (χ2v) is 7.22. The molecule has 1 fully saturated rings. The molecule has 1 saturated heterocycles. The molecule has 2 aromatic heterocycles. The molecule has 0 bridgehead atoms. The van der Waals surface area contributed by atoms with Gasteiger partial charge in [0.25, 0.3) is 0 Å². The van der Waals surface area contributed by atoms with Crippen molar-refractivity contribution in [3.8, 4) is 0 Å². The van der Waals surface area contributed by atoms with Gasteiger partial charge in [-0.05, 0) is 44.0 Å². The highest BCUT2D eigenvalue weighted by atomic mass is 16.5. The lowest BCUT2D eigenvalue weighted by molar-refractivity contribution is -0.0352. The molecule has 1 N–H and O–H groups in total. The van der Waals surface area contributed by atoms with E-state index >= 15 is 0 Å². The van der Waals surface area contributed by atoms with E-state index < -0.39 is 0 Å². The Morgan fingerprint density at radius 2 is 2.04 bits per heavy atom. The van der Waals surface area contributed by atoms with Gasteiger partial charge in [0.1, 0.15) is 11.9 Å². The number of morpholine rings is 1. The predicted molar refractivity (Wildman–Crippen MR) is 101 cm³/mol. The highest BCUT2D eigenvalue weighted by Crippen LogP contribution is 2.25. The zero-order valence-electron chi connectivity index (χ0n) is 15.6. The number of rotatable bonds is 5. The third-order valence-electron chi connectivity index (χ3n) is 4.24. The van der Waals surface area contributed by atoms with Crippen LogP contribution in [0.1, 0.15) is 37.0 Å². The van der Waals surface area contributed by atoms with Crippen LogP contribution < -0.4 is 5.32 Å². The molecular formula is C20H28N4O. The van der Waals surface area contributed by atoms with Crippen molar-refractivity contribution < 1.29 is 4.74 Å². The lowest BCUT2D eigenvalue weighted by Gasteiger charge is -2.33. The number of pyridine rings is 2. The maximum atomic E-state index is 6.01. The monoisotopic (exact) mass is 340 g/mol. The zero-order chi connectivity index (χ0) is 17.8. The minimum atomic E-state index is 0.0263. The largest absolute Gasteiger partial charge is 0.369 e.